The van der Waals surface area contributed by atoms with Gasteiger partial charge in [0.1, 0.15) is 0 Å². The van der Waals surface area contributed by atoms with Crippen LogP contribution >= 0.6 is 22.6 Å². The normalized spacial score (nSPS) is 22.9. The van der Waals surface area contributed by atoms with Crippen molar-refractivity contribution in [2.75, 3.05) is 20.1 Å². The van der Waals surface area contributed by atoms with E-state index < -0.39 is 0 Å². The van der Waals surface area contributed by atoms with Gasteiger partial charge in [-0.2, -0.15) is 0 Å². The van der Waals surface area contributed by atoms with E-state index in [1.54, 1.807) is 0 Å². The van der Waals surface area contributed by atoms with Gasteiger partial charge < -0.3 is 5.11 Å². The van der Waals surface area contributed by atoms with Crippen molar-refractivity contribution in [1.82, 2.24) is 4.90 Å². The number of hydrogen-bond acceptors (Lipinski definition) is 3. The Balaban J connectivity index is 1.81. The summed E-state index contributed by atoms with van der Waals surface area (Å²) in [6.07, 6.45) is 1.64. The zero-order valence-electron chi connectivity index (χ0n) is 10.5. The number of rotatable bonds is 5. The number of nitrogens with zero attached hydrogens (tertiary/aromatic N) is 1. The molecule has 0 aliphatic heterocycles. The maximum Gasteiger partial charge on any atom is 0.176 e. The van der Waals surface area contributed by atoms with Crippen LogP contribution < -0.4 is 0 Å². The summed E-state index contributed by atoms with van der Waals surface area (Å²) in [4.78, 5) is 14.1. The van der Waals surface area contributed by atoms with Gasteiger partial charge in [-0.3, -0.25) is 9.69 Å². The zero-order chi connectivity index (χ0) is 13.1. The van der Waals surface area contributed by atoms with Crippen LogP contribution in [-0.4, -0.2) is 42.0 Å². The Morgan fingerprint density at radius 2 is 2.00 bits per heavy atom. The molecule has 0 atom stereocenters. The van der Waals surface area contributed by atoms with E-state index >= 15 is 0 Å². The van der Waals surface area contributed by atoms with Gasteiger partial charge in [-0.05, 0) is 60.5 Å². The van der Waals surface area contributed by atoms with Crippen LogP contribution in [0, 0.1) is 9.49 Å². The molecule has 4 heteroatoms. The number of halogens is 1. The van der Waals surface area contributed by atoms with Crippen LogP contribution in [0.1, 0.15) is 23.2 Å². The van der Waals surface area contributed by atoms with Crippen LogP contribution in [0.2, 0.25) is 0 Å². The fourth-order valence-corrected chi connectivity index (χ4v) is 2.69. The van der Waals surface area contributed by atoms with Crippen LogP contribution in [0.25, 0.3) is 0 Å². The highest BCUT2D eigenvalue weighted by Crippen LogP contribution is 2.27. The molecule has 0 radical (unpaired) electrons. The number of hydrogen-bond donors (Lipinski definition) is 1. The van der Waals surface area contributed by atoms with Crippen molar-refractivity contribution < 1.29 is 9.90 Å². The lowest BCUT2D eigenvalue weighted by molar-refractivity contribution is 0.0286. The Morgan fingerprint density at radius 3 is 2.56 bits per heavy atom. The Kier molecular flexibility index (Phi) is 4.75. The van der Waals surface area contributed by atoms with E-state index in [2.05, 4.69) is 27.5 Å². The number of carbonyl (C=O) groups excluding carboxylic acids is 1. The second-order valence-corrected chi connectivity index (χ2v) is 6.36. The quantitative estimate of drug-likeness (QED) is 0.647. The standard InChI is InChI=1S/C14H18INO2/c1-16(8-10-6-13(17)7-10)9-14(18)11-2-4-12(15)5-3-11/h2-5,10,13,17H,6-9H2,1H3. The lowest BCUT2D eigenvalue weighted by Gasteiger charge is -2.34. The molecule has 98 valence electrons. The first-order valence-corrected chi connectivity index (χ1v) is 7.28. The molecule has 0 heterocycles. The summed E-state index contributed by atoms with van der Waals surface area (Å²) in [6.45, 7) is 1.35. The summed E-state index contributed by atoms with van der Waals surface area (Å²) in [5.41, 5.74) is 0.774. The molecule has 3 nitrogen and oxygen atoms in total. The van der Waals surface area contributed by atoms with Gasteiger partial charge in [0.15, 0.2) is 5.78 Å². The van der Waals surface area contributed by atoms with Crippen molar-refractivity contribution in [3.8, 4) is 0 Å². The minimum absolute atomic E-state index is 0.115. The van der Waals surface area contributed by atoms with Gasteiger partial charge in [-0.1, -0.05) is 12.1 Å². The van der Waals surface area contributed by atoms with Crippen LogP contribution in [0.3, 0.4) is 0 Å². The molecule has 1 fully saturated rings. The van der Waals surface area contributed by atoms with Gasteiger partial charge in [0.2, 0.25) is 0 Å². The Hall–Kier alpha value is -0.460. The fourth-order valence-electron chi connectivity index (χ4n) is 2.33. The number of ketones is 1. The van der Waals surface area contributed by atoms with E-state index in [0.717, 1.165) is 28.5 Å². The SMILES string of the molecule is CN(CC(=O)c1ccc(I)cc1)CC1CC(O)C1. The van der Waals surface area contributed by atoms with Gasteiger partial charge >= 0.3 is 0 Å². The Labute approximate surface area is 121 Å². The molecule has 0 amide bonds. The first kappa shape index (κ1) is 14.0. The van der Waals surface area contributed by atoms with Crippen LogP contribution in [0.4, 0.5) is 0 Å². The second kappa shape index (κ2) is 6.12. The van der Waals surface area contributed by atoms with Gasteiger partial charge in [0, 0.05) is 15.7 Å². The molecule has 0 saturated heterocycles. The summed E-state index contributed by atoms with van der Waals surface area (Å²) in [5.74, 6) is 0.711. The van der Waals surface area contributed by atoms with E-state index in [9.17, 15) is 9.90 Å². The first-order valence-electron chi connectivity index (χ1n) is 6.20. The highest BCUT2D eigenvalue weighted by Gasteiger charge is 2.28. The van der Waals surface area contributed by atoms with E-state index in [-0.39, 0.29) is 11.9 Å². The zero-order valence-corrected chi connectivity index (χ0v) is 12.6. The largest absolute Gasteiger partial charge is 0.393 e. The molecular weight excluding hydrogens is 341 g/mol. The maximum absolute atomic E-state index is 12.0. The van der Waals surface area contributed by atoms with E-state index in [4.69, 9.17) is 0 Å². The molecule has 0 unspecified atom stereocenters. The fraction of sp³-hybridized carbons (Fsp3) is 0.500. The summed E-state index contributed by atoms with van der Waals surface area (Å²) >= 11 is 2.23. The molecule has 0 aromatic heterocycles. The number of benzene rings is 1. The first-order chi connectivity index (χ1) is 8.54. The van der Waals surface area contributed by atoms with Gasteiger partial charge in [-0.15, -0.1) is 0 Å². The van der Waals surface area contributed by atoms with Crippen LogP contribution in [0.15, 0.2) is 24.3 Å². The number of carbonyl (C=O) groups is 1. The molecule has 1 aliphatic carbocycles. The molecule has 1 saturated carbocycles. The molecular formula is C14H18INO2. The lowest BCUT2D eigenvalue weighted by Crippen LogP contribution is -2.38. The van der Waals surface area contributed by atoms with E-state index in [0.29, 0.717) is 12.5 Å². The van der Waals surface area contributed by atoms with Gasteiger partial charge in [0.25, 0.3) is 0 Å². The number of likely N-dealkylation sites (N-methyl/N-ethyl adjacent to an activating group) is 1. The maximum atomic E-state index is 12.0. The smallest absolute Gasteiger partial charge is 0.176 e. The minimum atomic E-state index is -0.115. The molecule has 1 aromatic rings. The minimum Gasteiger partial charge on any atom is -0.393 e. The third kappa shape index (κ3) is 3.76. The number of aliphatic hydroxyl groups is 1. The van der Waals surface area contributed by atoms with Crippen molar-refractivity contribution in [3.63, 3.8) is 0 Å². The van der Waals surface area contributed by atoms with Crippen LogP contribution in [0.5, 0.6) is 0 Å². The molecule has 0 spiro atoms. The monoisotopic (exact) mass is 359 g/mol. The van der Waals surface area contributed by atoms with E-state index in [1.807, 2.05) is 31.3 Å². The molecule has 1 aliphatic rings. The second-order valence-electron chi connectivity index (χ2n) is 5.12. The summed E-state index contributed by atoms with van der Waals surface area (Å²) in [6, 6.07) is 7.67. The Morgan fingerprint density at radius 1 is 1.39 bits per heavy atom. The molecule has 0 bridgehead atoms. The predicted octanol–water partition coefficient (Wildman–Crippen LogP) is 2.18. The average molecular weight is 359 g/mol. The third-order valence-electron chi connectivity index (χ3n) is 3.36. The number of Topliss-reactive ketones (excluding diaryl/α,β-unsaturated/α-hetero) is 1. The van der Waals surface area contributed by atoms with Crippen molar-refractivity contribution >= 4 is 28.4 Å². The molecule has 1 aromatic carbocycles. The molecule has 2 rings (SSSR count). The summed E-state index contributed by atoms with van der Waals surface area (Å²) in [5, 5.41) is 9.23. The van der Waals surface area contributed by atoms with Crippen molar-refractivity contribution in [1.29, 1.82) is 0 Å². The summed E-state index contributed by atoms with van der Waals surface area (Å²) in [7, 11) is 1.97. The van der Waals surface area contributed by atoms with Gasteiger partial charge in [-0.25, -0.2) is 0 Å². The highest BCUT2D eigenvalue weighted by molar-refractivity contribution is 14.1. The van der Waals surface area contributed by atoms with Crippen molar-refractivity contribution in [2.45, 2.75) is 18.9 Å². The third-order valence-corrected chi connectivity index (χ3v) is 4.08. The van der Waals surface area contributed by atoms with Crippen molar-refractivity contribution in [2.24, 2.45) is 5.92 Å². The predicted molar refractivity (Wildman–Crippen MR) is 79.7 cm³/mol. The van der Waals surface area contributed by atoms with Crippen molar-refractivity contribution in [3.05, 3.63) is 33.4 Å². The number of aliphatic hydroxyl groups excluding tert-OH is 1. The Bertz CT molecular complexity index is 412. The average Bonchev–Trinajstić information content (AvgIpc) is 2.27. The van der Waals surface area contributed by atoms with Crippen LogP contribution in [-0.2, 0) is 0 Å². The molecule has 1 N–H and O–H groups in total. The lowest BCUT2D eigenvalue weighted by atomic mass is 9.82. The molecule has 18 heavy (non-hydrogen) atoms. The summed E-state index contributed by atoms with van der Waals surface area (Å²) < 4.78 is 1.14. The topological polar surface area (TPSA) is 40.5 Å². The van der Waals surface area contributed by atoms with E-state index in [1.165, 1.54) is 0 Å². The highest BCUT2D eigenvalue weighted by atomic mass is 127. The van der Waals surface area contributed by atoms with Gasteiger partial charge in [0.05, 0.1) is 12.6 Å².